The van der Waals surface area contributed by atoms with Gasteiger partial charge in [-0.1, -0.05) is 23.8 Å². The summed E-state index contributed by atoms with van der Waals surface area (Å²) in [7, 11) is 1.95. The van der Waals surface area contributed by atoms with Crippen LogP contribution < -0.4 is 0 Å². The minimum absolute atomic E-state index is 0.332. The molecule has 22 heavy (non-hydrogen) atoms. The van der Waals surface area contributed by atoms with Crippen LogP contribution in [0.25, 0.3) is 17.0 Å². The molecule has 0 saturated carbocycles. The number of benzene rings is 1. The van der Waals surface area contributed by atoms with Crippen molar-refractivity contribution in [2.75, 3.05) is 0 Å². The molecule has 0 amide bonds. The van der Waals surface area contributed by atoms with Gasteiger partial charge in [0.2, 0.25) is 0 Å². The zero-order chi connectivity index (χ0) is 16.0. The number of hydrogen-bond acceptors (Lipinski definition) is 3. The molecule has 1 fully saturated rings. The van der Waals surface area contributed by atoms with Gasteiger partial charge in [0.1, 0.15) is 0 Å². The number of nitrogens with zero attached hydrogens (tertiary/aromatic N) is 1. The normalized spacial score (nSPS) is 16.7. The van der Waals surface area contributed by atoms with Crippen molar-refractivity contribution in [3.8, 4) is 0 Å². The second-order valence-electron chi connectivity index (χ2n) is 5.70. The van der Waals surface area contributed by atoms with E-state index >= 15 is 0 Å². The third-order valence-electron chi connectivity index (χ3n) is 4.07. The van der Waals surface area contributed by atoms with Crippen molar-refractivity contribution in [1.82, 2.24) is 4.57 Å². The molecule has 0 atom stereocenters. The molecule has 0 N–H and O–H groups in total. The molecule has 4 heteroatoms. The summed E-state index contributed by atoms with van der Waals surface area (Å²) in [5.74, 6) is -1.14. The number of aryl methyl sites for hydroxylation is 2. The lowest BCUT2D eigenvalue weighted by atomic mass is 10.0. The summed E-state index contributed by atoms with van der Waals surface area (Å²) in [6.07, 6.45) is 1.75. The molecule has 0 radical (unpaired) electrons. The number of allylic oxidation sites excluding steroid dienone is 1. The summed E-state index contributed by atoms with van der Waals surface area (Å²) in [5.41, 5.74) is 4.54. The van der Waals surface area contributed by atoms with Gasteiger partial charge in [0, 0.05) is 23.6 Å². The van der Waals surface area contributed by atoms with E-state index in [1.165, 1.54) is 0 Å². The predicted octanol–water partition coefficient (Wildman–Crippen LogP) is 3.29. The van der Waals surface area contributed by atoms with Gasteiger partial charge in [0.05, 0.1) is 11.1 Å². The highest BCUT2D eigenvalue weighted by atomic mass is 16.6. The van der Waals surface area contributed by atoms with Crippen LogP contribution >= 0.6 is 0 Å². The van der Waals surface area contributed by atoms with Crippen LogP contribution in [0.3, 0.4) is 0 Å². The van der Waals surface area contributed by atoms with Crippen LogP contribution in [0.2, 0.25) is 0 Å². The average molecular weight is 295 g/mol. The summed E-state index contributed by atoms with van der Waals surface area (Å²) in [5, 5.41) is 1.13. The fraction of sp³-hybridized carbons (Fsp3) is 0.222. The van der Waals surface area contributed by atoms with Gasteiger partial charge in [0.25, 0.3) is 0 Å². The van der Waals surface area contributed by atoms with Gasteiger partial charge in [-0.25, -0.2) is 9.59 Å². The maximum absolute atomic E-state index is 12.0. The van der Waals surface area contributed by atoms with Crippen molar-refractivity contribution in [3.63, 3.8) is 0 Å². The first kappa shape index (κ1) is 14.3. The van der Waals surface area contributed by atoms with Crippen molar-refractivity contribution < 1.29 is 14.3 Å². The van der Waals surface area contributed by atoms with E-state index in [1.807, 2.05) is 42.8 Å². The highest BCUT2D eigenvalue weighted by molar-refractivity contribution is 6.20. The van der Waals surface area contributed by atoms with E-state index < -0.39 is 11.9 Å². The molecule has 3 rings (SSSR count). The number of ether oxygens (including phenoxy) is 1. The van der Waals surface area contributed by atoms with Gasteiger partial charge in [-0.3, -0.25) is 0 Å². The maximum atomic E-state index is 12.0. The van der Waals surface area contributed by atoms with Gasteiger partial charge in [-0.05, 0) is 38.5 Å². The van der Waals surface area contributed by atoms with Gasteiger partial charge in [0.15, 0.2) is 0 Å². The van der Waals surface area contributed by atoms with Gasteiger partial charge in [-0.15, -0.1) is 0 Å². The monoisotopic (exact) mass is 295 g/mol. The van der Waals surface area contributed by atoms with Crippen LogP contribution in [0.15, 0.2) is 41.0 Å². The lowest BCUT2D eigenvalue weighted by Gasteiger charge is -2.02. The largest absolute Gasteiger partial charge is 0.386 e. The molecule has 2 heterocycles. The number of carbonyl (C=O) groups excluding carboxylic acids is 2. The number of carbonyl (C=O) groups is 2. The zero-order valence-corrected chi connectivity index (χ0v) is 13.1. The summed E-state index contributed by atoms with van der Waals surface area (Å²) in [4.78, 5) is 23.8. The first-order valence-electron chi connectivity index (χ1n) is 7.12. The molecule has 0 unspecified atom stereocenters. The number of rotatable bonds is 1. The Kier molecular flexibility index (Phi) is 3.24. The first-order chi connectivity index (χ1) is 10.4. The molecule has 1 aliphatic heterocycles. The summed E-state index contributed by atoms with van der Waals surface area (Å²) < 4.78 is 6.78. The highest BCUT2D eigenvalue weighted by Crippen LogP contribution is 2.31. The van der Waals surface area contributed by atoms with Crippen LogP contribution in [0.4, 0.5) is 0 Å². The van der Waals surface area contributed by atoms with Crippen LogP contribution in [-0.2, 0) is 21.4 Å². The van der Waals surface area contributed by atoms with Gasteiger partial charge < -0.3 is 9.30 Å². The molecule has 0 aliphatic carbocycles. The molecule has 0 bridgehead atoms. The van der Waals surface area contributed by atoms with Crippen molar-refractivity contribution in [3.05, 3.63) is 52.2 Å². The van der Waals surface area contributed by atoms with E-state index in [9.17, 15) is 9.59 Å². The number of aromatic nitrogens is 1. The topological polar surface area (TPSA) is 48.3 Å². The van der Waals surface area contributed by atoms with E-state index in [-0.39, 0.29) is 0 Å². The molecule has 112 valence electrons. The second-order valence-corrected chi connectivity index (χ2v) is 5.70. The molecule has 1 aliphatic rings. The van der Waals surface area contributed by atoms with Crippen molar-refractivity contribution >= 4 is 28.9 Å². The number of esters is 2. The summed E-state index contributed by atoms with van der Waals surface area (Å²) >= 11 is 0. The smallest absolute Gasteiger partial charge is 0.346 e. The Balaban J connectivity index is 2.27. The van der Waals surface area contributed by atoms with E-state index in [0.717, 1.165) is 27.7 Å². The number of hydrogen-bond donors (Lipinski definition) is 0. The molecule has 0 spiro atoms. The fourth-order valence-corrected chi connectivity index (χ4v) is 2.95. The Morgan fingerprint density at radius 2 is 1.82 bits per heavy atom. The predicted molar refractivity (Wildman–Crippen MR) is 85.1 cm³/mol. The third-order valence-corrected chi connectivity index (χ3v) is 4.07. The third kappa shape index (κ3) is 1.99. The Hall–Kier alpha value is -2.62. The first-order valence-corrected chi connectivity index (χ1v) is 7.12. The lowest BCUT2D eigenvalue weighted by Crippen LogP contribution is -1.99. The number of fused-ring (bicyclic) bond motifs is 1. The second kappa shape index (κ2) is 4.98. The average Bonchev–Trinajstić information content (AvgIpc) is 2.89. The minimum Gasteiger partial charge on any atom is -0.386 e. The quantitative estimate of drug-likeness (QED) is 0.461. The fourth-order valence-electron chi connectivity index (χ4n) is 2.95. The maximum Gasteiger partial charge on any atom is 0.346 e. The Labute approximate surface area is 128 Å². The summed E-state index contributed by atoms with van der Waals surface area (Å²) in [6.45, 7) is 5.62. The zero-order valence-electron chi connectivity index (χ0n) is 13.1. The molecule has 1 saturated heterocycles. The van der Waals surface area contributed by atoms with E-state index in [1.54, 1.807) is 19.9 Å². The lowest BCUT2D eigenvalue weighted by molar-refractivity contribution is -0.149. The number of cyclic esters (lactones) is 2. The van der Waals surface area contributed by atoms with Gasteiger partial charge in [-0.2, -0.15) is 0 Å². The Morgan fingerprint density at radius 3 is 2.45 bits per heavy atom. The van der Waals surface area contributed by atoms with E-state index in [0.29, 0.717) is 11.1 Å². The highest BCUT2D eigenvalue weighted by Gasteiger charge is 2.34. The standard InChI is InChI=1S/C18H17NO3/c1-10(2)16-13(17(20)22-18(16)21)9-15-11(3)12-7-5-6-8-14(12)19(15)4/h5-9H,1-4H3. The number of para-hydroxylation sites is 1. The van der Waals surface area contributed by atoms with Crippen LogP contribution in [-0.4, -0.2) is 16.5 Å². The van der Waals surface area contributed by atoms with Crippen molar-refractivity contribution in [2.24, 2.45) is 7.05 Å². The van der Waals surface area contributed by atoms with Crippen molar-refractivity contribution in [2.45, 2.75) is 20.8 Å². The van der Waals surface area contributed by atoms with E-state index in [4.69, 9.17) is 4.74 Å². The molecule has 2 aromatic rings. The molecule has 4 nitrogen and oxygen atoms in total. The minimum atomic E-state index is -0.578. The molecular formula is C18H17NO3. The van der Waals surface area contributed by atoms with E-state index in [2.05, 4.69) is 0 Å². The van der Waals surface area contributed by atoms with Crippen molar-refractivity contribution in [1.29, 1.82) is 0 Å². The van der Waals surface area contributed by atoms with Crippen LogP contribution in [0, 0.1) is 6.92 Å². The molecule has 1 aromatic carbocycles. The molecule has 1 aromatic heterocycles. The van der Waals surface area contributed by atoms with Crippen LogP contribution in [0.5, 0.6) is 0 Å². The van der Waals surface area contributed by atoms with Crippen LogP contribution in [0.1, 0.15) is 25.1 Å². The SMILES string of the molecule is CC(C)=C1C(=O)OC(=O)C1=Cc1c(C)c2ccccc2n1C. The summed E-state index contributed by atoms with van der Waals surface area (Å²) in [6, 6.07) is 8.05. The van der Waals surface area contributed by atoms with Gasteiger partial charge >= 0.3 is 11.9 Å². The Morgan fingerprint density at radius 1 is 1.14 bits per heavy atom. The Bertz CT molecular complexity index is 838. The molecular weight excluding hydrogens is 278 g/mol.